The number of tetrazole rings is 1. The first-order valence-electron chi connectivity index (χ1n) is 9.29. The van der Waals surface area contributed by atoms with Crippen LogP contribution in [-0.4, -0.2) is 82.9 Å². The van der Waals surface area contributed by atoms with Crippen molar-refractivity contribution in [2.75, 3.05) is 57.8 Å². The number of likely N-dealkylation sites (N-methyl/N-ethyl adjacent to an activating group) is 1. The van der Waals surface area contributed by atoms with E-state index in [-0.39, 0.29) is 0 Å². The van der Waals surface area contributed by atoms with Crippen LogP contribution in [0.3, 0.4) is 0 Å². The first-order chi connectivity index (χ1) is 12.3. The van der Waals surface area contributed by atoms with Crippen LogP contribution in [0.5, 0.6) is 0 Å². The van der Waals surface area contributed by atoms with E-state index in [1.807, 2.05) is 35.0 Å². The molecule has 0 amide bonds. The van der Waals surface area contributed by atoms with Crippen molar-refractivity contribution in [3.63, 3.8) is 0 Å². The molecule has 0 aliphatic carbocycles. The maximum atomic E-state index is 4.31. The Hall–Kier alpha value is -1.99. The third-order valence-electron chi connectivity index (χ3n) is 5.37. The third kappa shape index (κ3) is 3.82. The van der Waals surface area contributed by atoms with Crippen molar-refractivity contribution >= 4 is 5.95 Å². The van der Waals surface area contributed by atoms with Crippen molar-refractivity contribution in [2.24, 2.45) is 5.92 Å². The van der Waals surface area contributed by atoms with Gasteiger partial charge in [0.05, 0.1) is 5.69 Å². The zero-order valence-corrected chi connectivity index (χ0v) is 15.0. The van der Waals surface area contributed by atoms with Crippen LogP contribution in [0, 0.1) is 5.92 Å². The van der Waals surface area contributed by atoms with E-state index in [2.05, 4.69) is 37.3 Å². The van der Waals surface area contributed by atoms with Gasteiger partial charge in [-0.2, -0.15) is 4.68 Å². The SMILES string of the molecule is CN1CCN(CC2CCCN(c3nnnn3-c3ccccc3)C2)CC1. The van der Waals surface area contributed by atoms with Gasteiger partial charge < -0.3 is 14.7 Å². The van der Waals surface area contributed by atoms with Crippen molar-refractivity contribution in [1.29, 1.82) is 0 Å². The first-order valence-corrected chi connectivity index (χ1v) is 9.29. The predicted molar refractivity (Wildman–Crippen MR) is 98.0 cm³/mol. The van der Waals surface area contributed by atoms with Crippen LogP contribution in [-0.2, 0) is 0 Å². The number of hydrogen-bond acceptors (Lipinski definition) is 6. The summed E-state index contributed by atoms with van der Waals surface area (Å²) in [5.74, 6) is 1.56. The highest BCUT2D eigenvalue weighted by molar-refractivity contribution is 5.40. The molecule has 2 aliphatic heterocycles. The van der Waals surface area contributed by atoms with E-state index < -0.39 is 0 Å². The van der Waals surface area contributed by atoms with Crippen molar-refractivity contribution < 1.29 is 0 Å². The molecular weight excluding hydrogens is 314 g/mol. The average molecular weight is 341 g/mol. The fraction of sp³-hybridized carbons (Fsp3) is 0.611. The Balaban J connectivity index is 1.43. The van der Waals surface area contributed by atoms with E-state index in [1.165, 1.54) is 45.6 Å². The van der Waals surface area contributed by atoms with Gasteiger partial charge in [-0.05, 0) is 48.4 Å². The van der Waals surface area contributed by atoms with Crippen molar-refractivity contribution in [1.82, 2.24) is 30.0 Å². The highest BCUT2D eigenvalue weighted by Gasteiger charge is 2.26. The van der Waals surface area contributed by atoms with Crippen LogP contribution < -0.4 is 4.90 Å². The molecule has 7 nitrogen and oxygen atoms in total. The van der Waals surface area contributed by atoms with Crippen LogP contribution in [0.1, 0.15) is 12.8 Å². The van der Waals surface area contributed by atoms with Gasteiger partial charge in [0.2, 0.25) is 5.95 Å². The van der Waals surface area contributed by atoms with Crippen LogP contribution in [0.25, 0.3) is 5.69 Å². The average Bonchev–Trinajstić information content (AvgIpc) is 3.15. The molecular formula is C18H27N7. The van der Waals surface area contributed by atoms with Crippen molar-refractivity contribution in [3.8, 4) is 5.69 Å². The third-order valence-corrected chi connectivity index (χ3v) is 5.37. The van der Waals surface area contributed by atoms with E-state index in [9.17, 15) is 0 Å². The summed E-state index contributed by atoms with van der Waals surface area (Å²) in [7, 11) is 2.21. The second-order valence-corrected chi connectivity index (χ2v) is 7.28. The van der Waals surface area contributed by atoms with Crippen LogP contribution >= 0.6 is 0 Å². The molecule has 2 saturated heterocycles. The van der Waals surface area contributed by atoms with E-state index in [1.54, 1.807) is 0 Å². The van der Waals surface area contributed by atoms with Gasteiger partial charge in [-0.3, -0.25) is 0 Å². The van der Waals surface area contributed by atoms with Gasteiger partial charge in [0, 0.05) is 45.8 Å². The Morgan fingerprint density at radius 2 is 1.84 bits per heavy atom. The lowest BCUT2D eigenvalue weighted by Crippen LogP contribution is -2.48. The fourth-order valence-electron chi connectivity index (χ4n) is 3.91. The summed E-state index contributed by atoms with van der Waals surface area (Å²) in [4.78, 5) is 7.39. The van der Waals surface area contributed by atoms with Gasteiger partial charge in [0.1, 0.15) is 0 Å². The normalized spacial score (nSPS) is 23.1. The highest BCUT2D eigenvalue weighted by Crippen LogP contribution is 2.23. The number of para-hydroxylation sites is 1. The molecule has 7 heteroatoms. The van der Waals surface area contributed by atoms with E-state index >= 15 is 0 Å². The molecule has 0 bridgehead atoms. The summed E-state index contributed by atoms with van der Waals surface area (Å²) >= 11 is 0. The van der Waals surface area contributed by atoms with Gasteiger partial charge in [-0.25, -0.2) is 0 Å². The van der Waals surface area contributed by atoms with Crippen molar-refractivity contribution in [2.45, 2.75) is 12.8 Å². The number of nitrogens with zero attached hydrogens (tertiary/aromatic N) is 7. The molecule has 0 spiro atoms. The van der Waals surface area contributed by atoms with Crippen LogP contribution in [0.15, 0.2) is 30.3 Å². The molecule has 4 rings (SSSR count). The largest absolute Gasteiger partial charge is 0.339 e. The minimum atomic E-state index is 0.693. The van der Waals surface area contributed by atoms with Crippen LogP contribution in [0.2, 0.25) is 0 Å². The molecule has 1 aromatic carbocycles. The Morgan fingerprint density at radius 1 is 1.04 bits per heavy atom. The van der Waals surface area contributed by atoms with Gasteiger partial charge in [0.15, 0.2) is 0 Å². The molecule has 25 heavy (non-hydrogen) atoms. The Kier molecular flexibility index (Phi) is 4.94. The maximum Gasteiger partial charge on any atom is 0.250 e. The molecule has 0 N–H and O–H groups in total. The number of anilines is 1. The fourth-order valence-corrected chi connectivity index (χ4v) is 3.91. The first kappa shape index (κ1) is 16.5. The maximum absolute atomic E-state index is 4.31. The minimum absolute atomic E-state index is 0.693. The number of benzene rings is 1. The number of aromatic nitrogens is 4. The molecule has 1 aromatic heterocycles. The summed E-state index contributed by atoms with van der Waals surface area (Å²) in [6.45, 7) is 8.01. The van der Waals surface area contributed by atoms with E-state index in [0.29, 0.717) is 5.92 Å². The van der Waals surface area contributed by atoms with Gasteiger partial charge >= 0.3 is 0 Å². The zero-order valence-electron chi connectivity index (χ0n) is 15.0. The van der Waals surface area contributed by atoms with Gasteiger partial charge in [0.25, 0.3) is 0 Å². The lowest BCUT2D eigenvalue weighted by molar-refractivity contribution is 0.131. The number of hydrogen-bond donors (Lipinski definition) is 0. The number of piperidine rings is 1. The second kappa shape index (κ2) is 7.49. The van der Waals surface area contributed by atoms with Gasteiger partial charge in [-0.1, -0.05) is 23.3 Å². The van der Waals surface area contributed by atoms with Gasteiger partial charge in [-0.15, -0.1) is 0 Å². The number of rotatable bonds is 4. The standard InChI is InChI=1S/C18H27N7/c1-22-10-12-23(13-11-22)14-16-6-5-9-24(15-16)18-19-20-21-25(18)17-7-3-2-4-8-17/h2-4,7-8,16H,5-6,9-15H2,1H3. The smallest absolute Gasteiger partial charge is 0.250 e. The molecule has 134 valence electrons. The molecule has 0 saturated carbocycles. The van der Waals surface area contributed by atoms with E-state index in [4.69, 9.17) is 0 Å². The Bertz CT molecular complexity index is 663. The minimum Gasteiger partial charge on any atom is -0.339 e. The Labute approximate surface area is 149 Å². The molecule has 1 atom stereocenters. The second-order valence-electron chi connectivity index (χ2n) is 7.28. The lowest BCUT2D eigenvalue weighted by Gasteiger charge is -2.38. The predicted octanol–water partition coefficient (Wildman–Crippen LogP) is 1.13. The van der Waals surface area contributed by atoms with Crippen LogP contribution in [0.4, 0.5) is 5.95 Å². The summed E-state index contributed by atoms with van der Waals surface area (Å²) < 4.78 is 1.86. The lowest BCUT2D eigenvalue weighted by atomic mass is 9.97. The van der Waals surface area contributed by atoms with Crippen molar-refractivity contribution in [3.05, 3.63) is 30.3 Å². The Morgan fingerprint density at radius 3 is 2.64 bits per heavy atom. The molecule has 2 aromatic rings. The zero-order chi connectivity index (χ0) is 17.1. The molecule has 1 unspecified atom stereocenters. The number of piperazine rings is 1. The molecule has 3 heterocycles. The van der Waals surface area contributed by atoms with E-state index in [0.717, 1.165) is 24.7 Å². The topological polar surface area (TPSA) is 53.3 Å². The summed E-state index contributed by atoms with van der Waals surface area (Å²) in [6.07, 6.45) is 2.51. The molecule has 0 radical (unpaired) electrons. The molecule has 2 aliphatic rings. The monoisotopic (exact) mass is 341 g/mol. The summed E-state index contributed by atoms with van der Waals surface area (Å²) in [5.41, 5.74) is 1.02. The summed E-state index contributed by atoms with van der Waals surface area (Å²) in [5, 5.41) is 12.5. The quantitative estimate of drug-likeness (QED) is 0.831. The molecule has 2 fully saturated rings. The summed E-state index contributed by atoms with van der Waals surface area (Å²) in [6, 6.07) is 10.2. The highest BCUT2D eigenvalue weighted by atomic mass is 15.6.